The number of carbonyl (C=O) groups is 5. The topological polar surface area (TPSA) is 122 Å². The molecule has 4 amide bonds. The van der Waals surface area contributed by atoms with Crippen LogP contribution in [0.15, 0.2) is 24.3 Å². The second-order valence-electron chi connectivity index (χ2n) is 6.95. The first-order valence-electron chi connectivity index (χ1n) is 9.44. The third-order valence-electron chi connectivity index (χ3n) is 4.34. The highest BCUT2D eigenvalue weighted by Gasteiger charge is 2.44. The van der Waals surface area contributed by atoms with Crippen LogP contribution in [0.5, 0.6) is 0 Å². The van der Waals surface area contributed by atoms with E-state index in [2.05, 4.69) is 10.6 Å². The third kappa shape index (κ3) is 5.18. The summed E-state index contributed by atoms with van der Waals surface area (Å²) in [6, 6.07) is 5.15. The van der Waals surface area contributed by atoms with Gasteiger partial charge in [0.25, 0.3) is 17.7 Å². The molecule has 1 aliphatic rings. The molecular formula is C20H25N3O6. The minimum Gasteiger partial charge on any atom is -0.454 e. The Balaban J connectivity index is 1.97. The van der Waals surface area contributed by atoms with E-state index in [1.54, 1.807) is 26.0 Å². The van der Waals surface area contributed by atoms with Crippen molar-refractivity contribution in [1.82, 2.24) is 15.5 Å². The van der Waals surface area contributed by atoms with Crippen LogP contribution in [0, 0.1) is 5.92 Å². The van der Waals surface area contributed by atoms with E-state index in [0.717, 1.165) is 11.3 Å². The largest absolute Gasteiger partial charge is 0.454 e. The zero-order chi connectivity index (χ0) is 21.6. The Morgan fingerprint density at radius 3 is 2.10 bits per heavy atom. The van der Waals surface area contributed by atoms with Crippen molar-refractivity contribution in [1.29, 1.82) is 0 Å². The number of amides is 4. The Bertz CT molecular complexity index is 785. The lowest BCUT2D eigenvalue weighted by Crippen LogP contribution is -2.49. The van der Waals surface area contributed by atoms with Crippen LogP contribution in [0.4, 0.5) is 0 Å². The summed E-state index contributed by atoms with van der Waals surface area (Å²) < 4.78 is 5.02. The Kier molecular flexibility index (Phi) is 7.46. The standard InChI is InChI=1S/C20H25N3O6/c1-4-9-21-15(24)10-22-16(25)11-29-20(28)17(12(2)3)23-18(26)13-7-5-6-8-14(13)19(23)27/h5-8,12,17H,4,9-11H2,1-3H3,(H,21,24)(H,22,25)/t17-/m1/s1. The molecule has 0 unspecified atom stereocenters. The van der Waals surface area contributed by atoms with Crippen molar-refractivity contribution in [2.75, 3.05) is 19.7 Å². The second kappa shape index (κ2) is 9.81. The number of nitrogens with zero attached hydrogens (tertiary/aromatic N) is 1. The van der Waals surface area contributed by atoms with Gasteiger partial charge in [0.15, 0.2) is 6.61 Å². The highest BCUT2D eigenvalue weighted by atomic mass is 16.5. The zero-order valence-electron chi connectivity index (χ0n) is 16.7. The lowest BCUT2D eigenvalue weighted by atomic mass is 10.0. The number of ether oxygens (including phenoxy) is 1. The molecule has 1 aliphatic heterocycles. The van der Waals surface area contributed by atoms with Crippen molar-refractivity contribution in [3.05, 3.63) is 35.4 Å². The highest BCUT2D eigenvalue weighted by Crippen LogP contribution is 2.27. The van der Waals surface area contributed by atoms with Crippen LogP contribution in [-0.2, 0) is 19.1 Å². The molecule has 0 radical (unpaired) electrons. The fourth-order valence-electron chi connectivity index (χ4n) is 2.92. The van der Waals surface area contributed by atoms with Crippen LogP contribution < -0.4 is 10.6 Å². The zero-order valence-corrected chi connectivity index (χ0v) is 16.7. The van der Waals surface area contributed by atoms with Crippen molar-refractivity contribution >= 4 is 29.6 Å². The first-order valence-corrected chi connectivity index (χ1v) is 9.44. The minimum absolute atomic E-state index is 0.229. The van der Waals surface area contributed by atoms with E-state index in [0.29, 0.717) is 6.54 Å². The molecule has 156 valence electrons. The maximum atomic E-state index is 12.6. The average Bonchev–Trinajstić information content (AvgIpc) is 2.94. The van der Waals surface area contributed by atoms with Gasteiger partial charge in [-0.05, 0) is 24.5 Å². The number of fused-ring (bicyclic) bond motifs is 1. The summed E-state index contributed by atoms with van der Waals surface area (Å²) in [7, 11) is 0. The normalized spacial score (nSPS) is 13.9. The van der Waals surface area contributed by atoms with Crippen LogP contribution in [0.25, 0.3) is 0 Å². The van der Waals surface area contributed by atoms with Gasteiger partial charge in [0, 0.05) is 6.54 Å². The van der Waals surface area contributed by atoms with E-state index >= 15 is 0 Å². The van der Waals surface area contributed by atoms with Gasteiger partial charge < -0.3 is 15.4 Å². The van der Waals surface area contributed by atoms with Crippen LogP contribution in [0.1, 0.15) is 47.9 Å². The Hall–Kier alpha value is -3.23. The molecule has 0 saturated carbocycles. The molecule has 0 aromatic heterocycles. The number of hydrogen-bond acceptors (Lipinski definition) is 6. The molecule has 0 aliphatic carbocycles. The van der Waals surface area contributed by atoms with Gasteiger partial charge in [-0.25, -0.2) is 4.79 Å². The van der Waals surface area contributed by atoms with Crippen LogP contribution >= 0.6 is 0 Å². The van der Waals surface area contributed by atoms with Gasteiger partial charge in [-0.2, -0.15) is 0 Å². The maximum Gasteiger partial charge on any atom is 0.330 e. The van der Waals surface area contributed by atoms with Crippen molar-refractivity contribution in [2.24, 2.45) is 5.92 Å². The number of benzene rings is 1. The van der Waals surface area contributed by atoms with Gasteiger partial charge in [-0.3, -0.25) is 24.1 Å². The summed E-state index contributed by atoms with van der Waals surface area (Å²) in [5, 5.41) is 4.94. The monoisotopic (exact) mass is 403 g/mol. The summed E-state index contributed by atoms with van der Waals surface area (Å²) >= 11 is 0. The van der Waals surface area contributed by atoms with Crippen molar-refractivity contribution in [3.63, 3.8) is 0 Å². The van der Waals surface area contributed by atoms with Gasteiger partial charge in [-0.1, -0.05) is 32.9 Å². The third-order valence-corrected chi connectivity index (χ3v) is 4.34. The van der Waals surface area contributed by atoms with Crippen molar-refractivity contribution in [2.45, 2.75) is 33.2 Å². The minimum atomic E-state index is -1.16. The number of rotatable bonds is 9. The Morgan fingerprint density at radius 2 is 1.59 bits per heavy atom. The molecular weight excluding hydrogens is 378 g/mol. The van der Waals surface area contributed by atoms with E-state index in [-0.39, 0.29) is 23.6 Å². The summed E-state index contributed by atoms with van der Waals surface area (Å²) in [6.45, 7) is 4.90. The number of esters is 1. The van der Waals surface area contributed by atoms with E-state index in [4.69, 9.17) is 4.74 Å². The first-order chi connectivity index (χ1) is 13.8. The first kappa shape index (κ1) is 22.1. The van der Waals surface area contributed by atoms with E-state index in [9.17, 15) is 24.0 Å². The molecule has 1 aromatic carbocycles. The van der Waals surface area contributed by atoms with Gasteiger partial charge in [0.05, 0.1) is 17.7 Å². The Labute approximate surface area is 168 Å². The number of imide groups is 1. The lowest BCUT2D eigenvalue weighted by Gasteiger charge is -2.27. The molecule has 1 atom stereocenters. The molecule has 2 rings (SSSR count). The molecule has 29 heavy (non-hydrogen) atoms. The van der Waals surface area contributed by atoms with Gasteiger partial charge in [0.1, 0.15) is 6.04 Å². The SMILES string of the molecule is CCCNC(=O)CNC(=O)COC(=O)[C@@H](C(C)C)N1C(=O)c2ccccc2C1=O. The fourth-order valence-corrected chi connectivity index (χ4v) is 2.92. The van der Waals surface area contributed by atoms with E-state index in [1.807, 2.05) is 6.92 Å². The fraction of sp³-hybridized carbons (Fsp3) is 0.450. The summed E-state index contributed by atoms with van der Waals surface area (Å²) in [5.74, 6) is -3.43. The van der Waals surface area contributed by atoms with Crippen LogP contribution in [0.3, 0.4) is 0 Å². The summed E-state index contributed by atoms with van der Waals surface area (Å²) in [6.07, 6.45) is 0.770. The molecule has 0 bridgehead atoms. The lowest BCUT2D eigenvalue weighted by molar-refractivity contribution is -0.153. The van der Waals surface area contributed by atoms with Crippen LogP contribution in [0.2, 0.25) is 0 Å². The van der Waals surface area contributed by atoms with Crippen molar-refractivity contribution < 1.29 is 28.7 Å². The van der Waals surface area contributed by atoms with Crippen LogP contribution in [-0.4, -0.2) is 60.2 Å². The van der Waals surface area contributed by atoms with Gasteiger partial charge in [-0.15, -0.1) is 0 Å². The summed E-state index contributed by atoms with van der Waals surface area (Å²) in [4.78, 5) is 62.0. The molecule has 1 heterocycles. The molecule has 0 saturated heterocycles. The van der Waals surface area contributed by atoms with Crippen molar-refractivity contribution in [3.8, 4) is 0 Å². The molecule has 9 nitrogen and oxygen atoms in total. The van der Waals surface area contributed by atoms with Gasteiger partial charge >= 0.3 is 5.97 Å². The second-order valence-corrected chi connectivity index (χ2v) is 6.95. The average molecular weight is 403 g/mol. The maximum absolute atomic E-state index is 12.6. The molecule has 0 spiro atoms. The quantitative estimate of drug-likeness (QED) is 0.457. The van der Waals surface area contributed by atoms with E-state index < -0.39 is 42.3 Å². The predicted molar refractivity (Wildman–Crippen MR) is 103 cm³/mol. The predicted octanol–water partition coefficient (Wildman–Crippen LogP) is 0.493. The molecule has 2 N–H and O–H groups in total. The molecule has 0 fully saturated rings. The Morgan fingerprint density at radius 1 is 1.00 bits per heavy atom. The number of carbonyl (C=O) groups excluding carboxylic acids is 5. The molecule has 1 aromatic rings. The number of hydrogen-bond donors (Lipinski definition) is 2. The summed E-state index contributed by atoms with van der Waals surface area (Å²) in [5.41, 5.74) is 0.457. The smallest absolute Gasteiger partial charge is 0.330 e. The number of nitrogens with one attached hydrogen (secondary N) is 2. The van der Waals surface area contributed by atoms with Gasteiger partial charge in [0.2, 0.25) is 5.91 Å². The highest BCUT2D eigenvalue weighted by molar-refractivity contribution is 6.22. The molecule has 9 heteroatoms. The van der Waals surface area contributed by atoms with E-state index in [1.165, 1.54) is 12.1 Å².